The molecule has 0 aliphatic carbocycles. The number of sulfone groups is 1. The average Bonchev–Trinajstić information content (AvgIpc) is 2.43. The van der Waals surface area contributed by atoms with Crippen molar-refractivity contribution in [2.75, 3.05) is 24.6 Å². The van der Waals surface area contributed by atoms with E-state index in [9.17, 15) is 23.6 Å². The first kappa shape index (κ1) is 16.5. The summed E-state index contributed by atoms with van der Waals surface area (Å²) in [5.41, 5.74) is 0.504. The van der Waals surface area contributed by atoms with Gasteiger partial charge in [-0.1, -0.05) is 6.92 Å². The molecule has 0 bridgehead atoms. The molecular formula is C12H18N2O5S. The number of nitro benzene ring substituents is 1. The molecule has 0 spiro atoms. The molecule has 1 aromatic rings. The average molecular weight is 302 g/mol. The van der Waals surface area contributed by atoms with Gasteiger partial charge in [-0.3, -0.25) is 10.1 Å². The lowest BCUT2D eigenvalue weighted by Crippen LogP contribution is -2.27. The van der Waals surface area contributed by atoms with Crippen molar-refractivity contribution < 1.29 is 18.4 Å². The normalized spacial score (nSPS) is 13.1. The predicted octanol–water partition coefficient (Wildman–Crippen LogP) is 0.653. The van der Waals surface area contributed by atoms with E-state index in [1.165, 1.54) is 24.3 Å². The van der Waals surface area contributed by atoms with Gasteiger partial charge in [0.1, 0.15) is 0 Å². The van der Waals surface area contributed by atoms with Gasteiger partial charge < -0.3 is 10.4 Å². The minimum atomic E-state index is -3.02. The maximum atomic E-state index is 11.2. The molecule has 112 valence electrons. The van der Waals surface area contributed by atoms with Crippen molar-refractivity contribution in [3.05, 3.63) is 39.9 Å². The standard InChI is InChI=1S/C12H18N2O5S/c1-2-20(18,19)8-7-13-9-12(15)10-3-5-11(6-4-10)14(16)17/h3-6,12-13,15H,2,7-9H2,1H3. The van der Waals surface area contributed by atoms with Gasteiger partial charge in [0.25, 0.3) is 5.69 Å². The van der Waals surface area contributed by atoms with Crippen molar-refractivity contribution in [1.82, 2.24) is 5.32 Å². The Morgan fingerprint density at radius 1 is 1.35 bits per heavy atom. The molecule has 8 heteroatoms. The van der Waals surface area contributed by atoms with Crippen LogP contribution < -0.4 is 5.32 Å². The van der Waals surface area contributed by atoms with Crippen LogP contribution in [0.2, 0.25) is 0 Å². The molecule has 2 N–H and O–H groups in total. The third-order valence-electron chi connectivity index (χ3n) is 2.86. The van der Waals surface area contributed by atoms with Crippen LogP contribution in [0.1, 0.15) is 18.6 Å². The first-order chi connectivity index (χ1) is 9.35. The van der Waals surface area contributed by atoms with Gasteiger partial charge in [0.15, 0.2) is 9.84 Å². The lowest BCUT2D eigenvalue weighted by Gasteiger charge is -2.12. The Morgan fingerprint density at radius 3 is 2.45 bits per heavy atom. The van der Waals surface area contributed by atoms with Crippen LogP contribution in [0, 0.1) is 10.1 Å². The number of hydrogen-bond donors (Lipinski definition) is 2. The second-order valence-corrected chi connectivity index (χ2v) is 6.78. The van der Waals surface area contributed by atoms with Gasteiger partial charge in [-0.2, -0.15) is 0 Å². The summed E-state index contributed by atoms with van der Waals surface area (Å²) in [6.07, 6.45) is -0.833. The molecule has 0 aliphatic heterocycles. The van der Waals surface area contributed by atoms with Crippen molar-refractivity contribution in [1.29, 1.82) is 0 Å². The fraction of sp³-hybridized carbons (Fsp3) is 0.500. The second-order valence-electron chi connectivity index (χ2n) is 4.30. The maximum Gasteiger partial charge on any atom is 0.269 e. The molecule has 0 fully saturated rings. The Kier molecular flexibility index (Phi) is 6.05. The number of aliphatic hydroxyl groups excluding tert-OH is 1. The monoisotopic (exact) mass is 302 g/mol. The second kappa shape index (κ2) is 7.32. The topological polar surface area (TPSA) is 110 Å². The van der Waals surface area contributed by atoms with Crippen LogP contribution in [-0.2, 0) is 9.84 Å². The van der Waals surface area contributed by atoms with Crippen LogP contribution in [0.4, 0.5) is 5.69 Å². The zero-order valence-corrected chi connectivity index (χ0v) is 12.0. The van der Waals surface area contributed by atoms with Gasteiger partial charge >= 0.3 is 0 Å². The van der Waals surface area contributed by atoms with Crippen molar-refractivity contribution >= 4 is 15.5 Å². The number of non-ortho nitro benzene ring substituents is 1. The Hall–Kier alpha value is -1.51. The van der Waals surface area contributed by atoms with Crippen LogP contribution in [0.3, 0.4) is 0 Å². The molecule has 7 nitrogen and oxygen atoms in total. The van der Waals surface area contributed by atoms with Crippen LogP contribution in [0.15, 0.2) is 24.3 Å². The van der Waals surface area contributed by atoms with E-state index in [4.69, 9.17) is 0 Å². The quantitative estimate of drug-likeness (QED) is 0.414. The third kappa shape index (κ3) is 5.24. The highest BCUT2D eigenvalue weighted by Crippen LogP contribution is 2.17. The molecule has 1 atom stereocenters. The highest BCUT2D eigenvalue weighted by molar-refractivity contribution is 7.91. The molecule has 0 saturated heterocycles. The zero-order valence-electron chi connectivity index (χ0n) is 11.2. The lowest BCUT2D eigenvalue weighted by molar-refractivity contribution is -0.384. The number of nitro groups is 1. The third-order valence-corrected chi connectivity index (χ3v) is 4.56. The van der Waals surface area contributed by atoms with Gasteiger partial charge in [-0.25, -0.2) is 8.42 Å². The van der Waals surface area contributed by atoms with Gasteiger partial charge in [-0.15, -0.1) is 0 Å². The van der Waals surface area contributed by atoms with Crippen molar-refractivity contribution in [3.63, 3.8) is 0 Å². The number of hydrogen-bond acceptors (Lipinski definition) is 6. The Morgan fingerprint density at radius 2 is 1.95 bits per heavy atom. The molecule has 1 aromatic carbocycles. The SMILES string of the molecule is CCS(=O)(=O)CCNCC(O)c1ccc([N+](=O)[O-])cc1. The number of nitrogens with zero attached hydrogens (tertiary/aromatic N) is 1. The van der Waals surface area contributed by atoms with Crippen molar-refractivity contribution in [2.24, 2.45) is 0 Å². The summed E-state index contributed by atoms with van der Waals surface area (Å²) in [5.74, 6) is 0.121. The van der Waals surface area contributed by atoms with Gasteiger partial charge in [0, 0.05) is 31.0 Å². The molecule has 0 aliphatic rings. The molecule has 1 rings (SSSR count). The maximum absolute atomic E-state index is 11.2. The number of nitrogens with one attached hydrogen (secondary N) is 1. The Balaban J connectivity index is 2.43. The molecule has 0 radical (unpaired) electrons. The summed E-state index contributed by atoms with van der Waals surface area (Å²) in [6.45, 7) is 2.04. The highest BCUT2D eigenvalue weighted by atomic mass is 32.2. The largest absolute Gasteiger partial charge is 0.387 e. The first-order valence-electron chi connectivity index (χ1n) is 6.19. The fourth-order valence-electron chi connectivity index (χ4n) is 1.55. The molecule has 1 unspecified atom stereocenters. The van der Waals surface area contributed by atoms with E-state index in [0.717, 1.165) is 0 Å². The summed E-state index contributed by atoms with van der Waals surface area (Å²) in [7, 11) is -3.02. The Bertz CT molecular complexity index is 541. The van der Waals surface area contributed by atoms with E-state index in [2.05, 4.69) is 5.32 Å². The predicted molar refractivity (Wildman–Crippen MR) is 75.3 cm³/mol. The molecule has 0 aromatic heterocycles. The smallest absolute Gasteiger partial charge is 0.269 e. The Labute approximate surface area is 117 Å². The lowest BCUT2D eigenvalue weighted by atomic mass is 10.1. The van der Waals surface area contributed by atoms with Crippen LogP contribution in [-0.4, -0.2) is 43.0 Å². The minimum absolute atomic E-state index is 0.0243. The zero-order chi connectivity index (χ0) is 15.2. The van der Waals surface area contributed by atoms with Crippen LogP contribution in [0.25, 0.3) is 0 Å². The number of rotatable bonds is 8. The van der Waals surface area contributed by atoms with Gasteiger partial charge in [0.2, 0.25) is 0 Å². The van der Waals surface area contributed by atoms with Crippen molar-refractivity contribution in [2.45, 2.75) is 13.0 Å². The summed E-state index contributed by atoms with van der Waals surface area (Å²) in [6, 6.07) is 5.60. The fourth-order valence-corrected chi connectivity index (χ4v) is 2.29. The number of benzene rings is 1. The molecule has 0 saturated carbocycles. The van der Waals surface area contributed by atoms with E-state index in [0.29, 0.717) is 5.56 Å². The van der Waals surface area contributed by atoms with Gasteiger partial charge in [-0.05, 0) is 17.7 Å². The molecular weight excluding hydrogens is 284 g/mol. The van der Waals surface area contributed by atoms with E-state index in [-0.39, 0.29) is 30.3 Å². The van der Waals surface area contributed by atoms with Crippen LogP contribution in [0.5, 0.6) is 0 Å². The van der Waals surface area contributed by atoms with Crippen LogP contribution >= 0.6 is 0 Å². The minimum Gasteiger partial charge on any atom is -0.387 e. The van der Waals surface area contributed by atoms with E-state index >= 15 is 0 Å². The van der Waals surface area contributed by atoms with Gasteiger partial charge in [0.05, 0.1) is 16.8 Å². The highest BCUT2D eigenvalue weighted by Gasteiger charge is 2.11. The first-order valence-corrected chi connectivity index (χ1v) is 8.01. The number of aliphatic hydroxyl groups is 1. The van der Waals surface area contributed by atoms with E-state index in [1.54, 1.807) is 6.92 Å². The molecule has 0 amide bonds. The summed E-state index contributed by atoms with van der Waals surface area (Å²) < 4.78 is 22.5. The van der Waals surface area contributed by atoms with E-state index in [1.807, 2.05) is 0 Å². The molecule has 0 heterocycles. The van der Waals surface area contributed by atoms with E-state index < -0.39 is 20.9 Å². The molecule has 20 heavy (non-hydrogen) atoms. The summed E-state index contributed by atoms with van der Waals surface area (Å²) in [4.78, 5) is 9.98. The van der Waals surface area contributed by atoms with Crippen molar-refractivity contribution in [3.8, 4) is 0 Å². The summed E-state index contributed by atoms with van der Waals surface area (Å²) >= 11 is 0. The summed E-state index contributed by atoms with van der Waals surface area (Å²) in [5, 5.41) is 23.2.